The van der Waals surface area contributed by atoms with Gasteiger partial charge in [0.1, 0.15) is 18.4 Å². The maximum absolute atomic E-state index is 12.4. The van der Waals surface area contributed by atoms with Gasteiger partial charge in [0.05, 0.1) is 23.5 Å². The van der Waals surface area contributed by atoms with Gasteiger partial charge in [-0.3, -0.25) is 9.10 Å². The van der Waals surface area contributed by atoms with Gasteiger partial charge in [-0.1, -0.05) is 41.9 Å². The number of nitrogens with zero attached hydrogens (tertiary/aromatic N) is 1. The lowest BCUT2D eigenvalue weighted by atomic mass is 10.2. The average Bonchev–Trinajstić information content (AvgIpc) is 2.59. The molecule has 0 radical (unpaired) electrons. The first-order valence-corrected chi connectivity index (χ1v) is 10.2. The summed E-state index contributed by atoms with van der Waals surface area (Å²) >= 11 is 5.99. The van der Waals surface area contributed by atoms with Crippen LogP contribution in [-0.4, -0.2) is 39.8 Å². The molecule has 0 aliphatic carbocycles. The fourth-order valence-corrected chi connectivity index (χ4v) is 3.79. The third kappa shape index (κ3) is 5.37. The first-order valence-electron chi connectivity index (χ1n) is 8.00. The Morgan fingerprint density at radius 3 is 2.38 bits per heavy atom. The minimum absolute atomic E-state index is 0.215. The van der Waals surface area contributed by atoms with E-state index in [1.807, 2.05) is 0 Å². The number of benzene rings is 2. The molecule has 0 aliphatic rings. The van der Waals surface area contributed by atoms with E-state index in [9.17, 15) is 13.2 Å². The Morgan fingerprint density at radius 2 is 1.77 bits per heavy atom. The van der Waals surface area contributed by atoms with Crippen molar-refractivity contribution in [3.63, 3.8) is 0 Å². The Balaban J connectivity index is 1.96. The minimum Gasteiger partial charge on any atom is -0.490 e. The Kier molecular flexibility index (Phi) is 6.88. The zero-order valence-corrected chi connectivity index (χ0v) is 16.1. The molecular formula is C18H21ClN2O4S. The summed E-state index contributed by atoms with van der Waals surface area (Å²) in [6.45, 7) is 1.98. The molecule has 1 N–H and O–H groups in total. The number of hydrogen-bond acceptors (Lipinski definition) is 4. The molecule has 2 rings (SSSR count). The molecule has 0 bridgehead atoms. The molecule has 0 saturated carbocycles. The molecule has 26 heavy (non-hydrogen) atoms. The van der Waals surface area contributed by atoms with E-state index in [0.717, 1.165) is 10.6 Å². The molecule has 2 aromatic rings. The number of nitrogens with one attached hydrogen (secondary N) is 1. The molecular weight excluding hydrogens is 376 g/mol. The first-order chi connectivity index (χ1) is 12.3. The number of amides is 1. The van der Waals surface area contributed by atoms with Crippen LogP contribution in [0.15, 0.2) is 54.6 Å². The highest BCUT2D eigenvalue weighted by atomic mass is 35.5. The lowest BCUT2D eigenvalue weighted by Gasteiger charge is -2.28. The molecule has 6 nitrogen and oxygen atoms in total. The number of sulfonamides is 1. The quantitative estimate of drug-likeness (QED) is 0.696. The van der Waals surface area contributed by atoms with E-state index in [0.29, 0.717) is 16.5 Å². The zero-order valence-electron chi connectivity index (χ0n) is 14.6. The van der Waals surface area contributed by atoms with Gasteiger partial charge in [-0.2, -0.15) is 0 Å². The van der Waals surface area contributed by atoms with E-state index < -0.39 is 22.0 Å². The van der Waals surface area contributed by atoms with Crippen LogP contribution in [0.1, 0.15) is 6.92 Å². The smallest absolute Gasteiger partial charge is 0.243 e. The summed E-state index contributed by atoms with van der Waals surface area (Å²) in [4.78, 5) is 12.4. The van der Waals surface area contributed by atoms with Crippen LogP contribution in [0.4, 0.5) is 5.69 Å². The predicted molar refractivity (Wildman–Crippen MR) is 103 cm³/mol. The number of hydrogen-bond donors (Lipinski definition) is 1. The van der Waals surface area contributed by atoms with Crippen molar-refractivity contribution < 1.29 is 17.9 Å². The standard InChI is InChI=1S/C18H21ClN2O4S/c1-14(21(26(2,23)24)15-8-4-3-5-9-15)18(22)20-12-13-25-17-11-7-6-10-16(17)19/h3-11,14H,12-13H2,1-2H3,(H,20,22)/t14-/m0/s1. The van der Waals surface area contributed by atoms with Gasteiger partial charge in [0.15, 0.2) is 0 Å². The SMILES string of the molecule is C[C@@H](C(=O)NCCOc1ccccc1Cl)N(c1ccccc1)S(C)(=O)=O. The van der Waals surface area contributed by atoms with Crippen LogP contribution in [0.3, 0.4) is 0 Å². The molecule has 0 heterocycles. The van der Waals surface area contributed by atoms with Crippen LogP contribution >= 0.6 is 11.6 Å². The lowest BCUT2D eigenvalue weighted by Crippen LogP contribution is -2.48. The number of carbonyl (C=O) groups excluding carboxylic acids is 1. The molecule has 1 atom stereocenters. The maximum atomic E-state index is 12.4. The molecule has 0 saturated heterocycles. The normalized spacial score (nSPS) is 12.3. The van der Waals surface area contributed by atoms with Gasteiger partial charge in [-0.15, -0.1) is 0 Å². The van der Waals surface area contributed by atoms with Gasteiger partial charge >= 0.3 is 0 Å². The molecule has 2 aromatic carbocycles. The van der Waals surface area contributed by atoms with Crippen LogP contribution in [0, 0.1) is 0 Å². The molecule has 0 fully saturated rings. The number of carbonyl (C=O) groups is 1. The van der Waals surface area contributed by atoms with Crippen LogP contribution in [-0.2, 0) is 14.8 Å². The van der Waals surface area contributed by atoms with E-state index >= 15 is 0 Å². The van der Waals surface area contributed by atoms with Crippen molar-refractivity contribution in [3.8, 4) is 5.75 Å². The topological polar surface area (TPSA) is 75.7 Å². The van der Waals surface area contributed by atoms with Crippen LogP contribution in [0.2, 0.25) is 5.02 Å². The van der Waals surface area contributed by atoms with Gasteiger partial charge in [0.25, 0.3) is 0 Å². The fourth-order valence-electron chi connectivity index (χ4n) is 2.43. The Bertz CT molecular complexity index is 843. The van der Waals surface area contributed by atoms with E-state index in [1.165, 1.54) is 6.92 Å². The Morgan fingerprint density at radius 1 is 1.15 bits per heavy atom. The second kappa shape index (κ2) is 8.91. The number of para-hydroxylation sites is 2. The van der Waals surface area contributed by atoms with E-state index in [4.69, 9.17) is 16.3 Å². The van der Waals surface area contributed by atoms with E-state index in [-0.39, 0.29) is 13.2 Å². The highest BCUT2D eigenvalue weighted by molar-refractivity contribution is 7.92. The van der Waals surface area contributed by atoms with Crippen molar-refractivity contribution in [3.05, 3.63) is 59.6 Å². The Labute approximate surface area is 158 Å². The fraction of sp³-hybridized carbons (Fsp3) is 0.278. The van der Waals surface area contributed by atoms with E-state index in [1.54, 1.807) is 54.6 Å². The van der Waals surface area contributed by atoms with Crippen molar-refractivity contribution in [2.45, 2.75) is 13.0 Å². The summed E-state index contributed by atoms with van der Waals surface area (Å²) in [5.41, 5.74) is 0.435. The lowest BCUT2D eigenvalue weighted by molar-refractivity contribution is -0.121. The third-order valence-electron chi connectivity index (χ3n) is 3.59. The maximum Gasteiger partial charge on any atom is 0.243 e. The molecule has 0 aliphatic heterocycles. The molecule has 140 valence electrons. The van der Waals surface area contributed by atoms with Crippen molar-refractivity contribution in [1.82, 2.24) is 5.32 Å². The van der Waals surface area contributed by atoms with Gasteiger partial charge in [0, 0.05) is 0 Å². The third-order valence-corrected chi connectivity index (χ3v) is 5.15. The largest absolute Gasteiger partial charge is 0.490 e. The zero-order chi connectivity index (χ0) is 19.2. The molecule has 0 unspecified atom stereocenters. The van der Waals surface area contributed by atoms with Gasteiger partial charge in [-0.05, 0) is 31.2 Å². The van der Waals surface area contributed by atoms with Gasteiger partial charge in [-0.25, -0.2) is 8.42 Å². The second-order valence-electron chi connectivity index (χ2n) is 5.64. The minimum atomic E-state index is -3.62. The summed E-state index contributed by atoms with van der Waals surface area (Å²) in [6.07, 6.45) is 1.07. The molecule has 0 aromatic heterocycles. The molecule has 0 spiro atoms. The first kappa shape index (κ1) is 20.1. The summed E-state index contributed by atoms with van der Waals surface area (Å²) in [5.74, 6) is 0.112. The summed E-state index contributed by atoms with van der Waals surface area (Å²) in [6, 6.07) is 14.6. The summed E-state index contributed by atoms with van der Waals surface area (Å²) in [5, 5.41) is 3.17. The van der Waals surface area contributed by atoms with Crippen molar-refractivity contribution in [2.75, 3.05) is 23.7 Å². The molecule has 8 heteroatoms. The average molecular weight is 397 g/mol. The van der Waals surface area contributed by atoms with Crippen LogP contribution in [0.25, 0.3) is 0 Å². The van der Waals surface area contributed by atoms with Crippen LogP contribution < -0.4 is 14.4 Å². The molecule has 1 amide bonds. The van der Waals surface area contributed by atoms with Gasteiger partial charge < -0.3 is 10.1 Å². The number of ether oxygens (including phenoxy) is 1. The number of halogens is 1. The second-order valence-corrected chi connectivity index (χ2v) is 7.91. The summed E-state index contributed by atoms with van der Waals surface area (Å²) in [7, 11) is -3.62. The Hall–Kier alpha value is -2.25. The number of anilines is 1. The van der Waals surface area contributed by atoms with E-state index in [2.05, 4.69) is 5.32 Å². The number of rotatable bonds is 8. The van der Waals surface area contributed by atoms with Crippen molar-refractivity contribution in [2.24, 2.45) is 0 Å². The highest BCUT2D eigenvalue weighted by Gasteiger charge is 2.28. The monoisotopic (exact) mass is 396 g/mol. The van der Waals surface area contributed by atoms with Crippen molar-refractivity contribution in [1.29, 1.82) is 0 Å². The van der Waals surface area contributed by atoms with Gasteiger partial charge in [0.2, 0.25) is 15.9 Å². The summed E-state index contributed by atoms with van der Waals surface area (Å²) < 4.78 is 30.9. The van der Waals surface area contributed by atoms with Crippen molar-refractivity contribution >= 4 is 33.2 Å². The highest BCUT2D eigenvalue weighted by Crippen LogP contribution is 2.23. The predicted octanol–water partition coefficient (Wildman–Crippen LogP) is 2.69. The van der Waals surface area contributed by atoms with Crippen LogP contribution in [0.5, 0.6) is 5.75 Å².